The highest BCUT2D eigenvalue weighted by Crippen LogP contribution is 2.20. The molecule has 0 aliphatic carbocycles. The SMILES string of the molecule is CCC.O=C1CCc2ccccc2N1. The van der Waals surface area contributed by atoms with Gasteiger partial charge in [-0.25, -0.2) is 0 Å². The van der Waals surface area contributed by atoms with Crippen LogP contribution in [-0.4, -0.2) is 5.91 Å². The summed E-state index contributed by atoms with van der Waals surface area (Å²) in [5.41, 5.74) is 2.22. The molecule has 0 atom stereocenters. The zero-order valence-electron chi connectivity index (χ0n) is 8.84. The molecule has 2 nitrogen and oxygen atoms in total. The van der Waals surface area contributed by atoms with Gasteiger partial charge in [-0.3, -0.25) is 4.79 Å². The van der Waals surface area contributed by atoms with Crippen LogP contribution in [0.25, 0.3) is 0 Å². The molecule has 2 rings (SSSR count). The number of hydrogen-bond acceptors (Lipinski definition) is 1. The number of fused-ring (bicyclic) bond motifs is 1. The maximum Gasteiger partial charge on any atom is 0.224 e. The number of carbonyl (C=O) groups is 1. The Bertz CT molecular complexity index is 307. The lowest BCUT2D eigenvalue weighted by Crippen LogP contribution is -2.18. The highest BCUT2D eigenvalue weighted by molar-refractivity contribution is 5.93. The van der Waals surface area contributed by atoms with Crippen molar-refractivity contribution >= 4 is 11.6 Å². The molecule has 2 heteroatoms. The molecule has 1 aliphatic heterocycles. The predicted octanol–water partition coefficient (Wildman–Crippen LogP) is 2.99. The van der Waals surface area contributed by atoms with Gasteiger partial charge in [0.05, 0.1) is 0 Å². The van der Waals surface area contributed by atoms with Crippen molar-refractivity contribution in [2.45, 2.75) is 33.1 Å². The molecule has 1 N–H and O–H groups in total. The van der Waals surface area contributed by atoms with Gasteiger partial charge < -0.3 is 5.32 Å². The standard InChI is InChI=1S/C9H9NO.C3H8/c11-9-6-5-7-3-1-2-4-8(7)10-9;1-3-2/h1-4H,5-6H2,(H,10,11);3H2,1-2H3. The zero-order chi connectivity index (χ0) is 10.4. The van der Waals surface area contributed by atoms with Crippen LogP contribution in [-0.2, 0) is 11.2 Å². The first-order valence-corrected chi connectivity index (χ1v) is 5.15. The minimum Gasteiger partial charge on any atom is -0.326 e. The lowest BCUT2D eigenvalue weighted by Gasteiger charge is -2.15. The Labute approximate surface area is 85.3 Å². The van der Waals surface area contributed by atoms with E-state index in [1.807, 2.05) is 18.2 Å². The maximum atomic E-state index is 10.9. The lowest BCUT2D eigenvalue weighted by atomic mass is 10.0. The largest absolute Gasteiger partial charge is 0.326 e. The molecule has 0 aromatic heterocycles. The molecule has 1 heterocycles. The minimum atomic E-state index is 0.128. The van der Waals surface area contributed by atoms with Crippen molar-refractivity contribution in [1.29, 1.82) is 0 Å². The molecule has 0 saturated carbocycles. The third-order valence-corrected chi connectivity index (χ3v) is 1.91. The van der Waals surface area contributed by atoms with E-state index in [2.05, 4.69) is 25.2 Å². The lowest BCUT2D eigenvalue weighted by molar-refractivity contribution is -0.116. The Morgan fingerprint density at radius 3 is 2.57 bits per heavy atom. The van der Waals surface area contributed by atoms with Gasteiger partial charge in [0.25, 0.3) is 0 Å². The molecular formula is C12H17NO. The maximum absolute atomic E-state index is 10.9. The van der Waals surface area contributed by atoms with Gasteiger partial charge in [0.1, 0.15) is 0 Å². The second-order valence-electron chi connectivity index (χ2n) is 3.41. The second-order valence-corrected chi connectivity index (χ2v) is 3.41. The Morgan fingerprint density at radius 1 is 1.21 bits per heavy atom. The summed E-state index contributed by atoms with van der Waals surface area (Å²) in [4.78, 5) is 10.9. The molecule has 0 radical (unpaired) electrons. The molecule has 0 saturated heterocycles. The highest BCUT2D eigenvalue weighted by atomic mass is 16.1. The summed E-state index contributed by atoms with van der Waals surface area (Å²) in [6.45, 7) is 4.25. The first kappa shape index (κ1) is 10.8. The fourth-order valence-corrected chi connectivity index (χ4v) is 1.32. The molecule has 1 amide bonds. The van der Waals surface area contributed by atoms with Gasteiger partial charge in [-0.15, -0.1) is 0 Å². The van der Waals surface area contributed by atoms with E-state index in [-0.39, 0.29) is 5.91 Å². The summed E-state index contributed by atoms with van der Waals surface area (Å²) in [5, 5.41) is 2.82. The molecule has 76 valence electrons. The van der Waals surface area contributed by atoms with Crippen molar-refractivity contribution < 1.29 is 4.79 Å². The van der Waals surface area contributed by atoms with Crippen LogP contribution in [0.2, 0.25) is 0 Å². The van der Waals surface area contributed by atoms with Crippen molar-refractivity contribution in [3.05, 3.63) is 29.8 Å². The number of aryl methyl sites for hydroxylation is 1. The van der Waals surface area contributed by atoms with Gasteiger partial charge in [-0.1, -0.05) is 38.5 Å². The predicted molar refractivity (Wildman–Crippen MR) is 59.4 cm³/mol. The van der Waals surface area contributed by atoms with Gasteiger partial charge in [0, 0.05) is 12.1 Å². The van der Waals surface area contributed by atoms with Crippen LogP contribution in [0.3, 0.4) is 0 Å². The van der Waals surface area contributed by atoms with Crippen molar-refractivity contribution in [2.75, 3.05) is 5.32 Å². The fraction of sp³-hybridized carbons (Fsp3) is 0.417. The van der Waals surface area contributed by atoms with Crippen LogP contribution in [0, 0.1) is 0 Å². The molecule has 0 fully saturated rings. The molecule has 1 aromatic carbocycles. The minimum absolute atomic E-state index is 0.128. The van der Waals surface area contributed by atoms with E-state index in [4.69, 9.17) is 0 Å². The van der Waals surface area contributed by atoms with Crippen molar-refractivity contribution in [3.8, 4) is 0 Å². The average molecular weight is 191 g/mol. The summed E-state index contributed by atoms with van der Waals surface area (Å²) in [6.07, 6.45) is 2.75. The molecule has 0 unspecified atom stereocenters. The third kappa shape index (κ3) is 2.87. The number of nitrogens with one attached hydrogen (secondary N) is 1. The smallest absolute Gasteiger partial charge is 0.224 e. The molecule has 1 aliphatic rings. The Hall–Kier alpha value is -1.31. The second kappa shape index (κ2) is 5.43. The van der Waals surface area contributed by atoms with Crippen molar-refractivity contribution in [1.82, 2.24) is 0 Å². The van der Waals surface area contributed by atoms with E-state index >= 15 is 0 Å². The van der Waals surface area contributed by atoms with Crippen LogP contribution in [0.1, 0.15) is 32.3 Å². The Morgan fingerprint density at radius 2 is 1.86 bits per heavy atom. The third-order valence-electron chi connectivity index (χ3n) is 1.91. The molecule has 0 spiro atoms. The number of rotatable bonds is 0. The monoisotopic (exact) mass is 191 g/mol. The average Bonchev–Trinajstić information content (AvgIpc) is 2.19. The van der Waals surface area contributed by atoms with E-state index in [0.717, 1.165) is 12.1 Å². The van der Waals surface area contributed by atoms with E-state index in [1.165, 1.54) is 12.0 Å². The van der Waals surface area contributed by atoms with Crippen LogP contribution in [0.4, 0.5) is 5.69 Å². The van der Waals surface area contributed by atoms with Gasteiger partial charge in [0.15, 0.2) is 0 Å². The van der Waals surface area contributed by atoms with Gasteiger partial charge >= 0.3 is 0 Å². The first-order chi connectivity index (χ1) is 6.77. The molecule has 0 bridgehead atoms. The van der Waals surface area contributed by atoms with Crippen LogP contribution >= 0.6 is 0 Å². The molecule has 14 heavy (non-hydrogen) atoms. The summed E-state index contributed by atoms with van der Waals surface area (Å²) < 4.78 is 0. The topological polar surface area (TPSA) is 29.1 Å². The van der Waals surface area contributed by atoms with Gasteiger partial charge in [0.2, 0.25) is 5.91 Å². The number of para-hydroxylation sites is 1. The Balaban J connectivity index is 0.000000293. The normalized spacial score (nSPS) is 13.4. The summed E-state index contributed by atoms with van der Waals surface area (Å²) in [5.74, 6) is 0.128. The van der Waals surface area contributed by atoms with Crippen LogP contribution in [0.15, 0.2) is 24.3 Å². The summed E-state index contributed by atoms with van der Waals surface area (Å²) in [6, 6.07) is 7.92. The van der Waals surface area contributed by atoms with Crippen molar-refractivity contribution in [3.63, 3.8) is 0 Å². The number of benzene rings is 1. The first-order valence-electron chi connectivity index (χ1n) is 5.15. The van der Waals surface area contributed by atoms with Crippen LogP contribution in [0.5, 0.6) is 0 Å². The van der Waals surface area contributed by atoms with E-state index in [0.29, 0.717) is 6.42 Å². The summed E-state index contributed by atoms with van der Waals surface area (Å²) in [7, 11) is 0. The number of anilines is 1. The van der Waals surface area contributed by atoms with Gasteiger partial charge in [-0.2, -0.15) is 0 Å². The van der Waals surface area contributed by atoms with Gasteiger partial charge in [-0.05, 0) is 18.1 Å². The van der Waals surface area contributed by atoms with Crippen LogP contribution < -0.4 is 5.32 Å². The molecular weight excluding hydrogens is 174 g/mol. The Kier molecular flexibility index (Phi) is 4.17. The highest BCUT2D eigenvalue weighted by Gasteiger charge is 2.12. The number of amides is 1. The quantitative estimate of drug-likeness (QED) is 0.671. The zero-order valence-corrected chi connectivity index (χ0v) is 8.84. The number of hydrogen-bond donors (Lipinski definition) is 1. The fourth-order valence-electron chi connectivity index (χ4n) is 1.32. The van der Waals surface area contributed by atoms with Crippen molar-refractivity contribution in [2.24, 2.45) is 0 Å². The van der Waals surface area contributed by atoms with E-state index < -0.39 is 0 Å². The molecule has 1 aromatic rings. The summed E-state index contributed by atoms with van der Waals surface area (Å²) >= 11 is 0. The number of carbonyl (C=O) groups excluding carboxylic acids is 1. The van der Waals surface area contributed by atoms with E-state index in [9.17, 15) is 4.79 Å². The van der Waals surface area contributed by atoms with E-state index in [1.54, 1.807) is 0 Å².